The molecule has 0 aromatic carbocycles. The van der Waals surface area contributed by atoms with Crippen LogP contribution in [0.25, 0.3) is 0 Å². The Labute approximate surface area is 93.2 Å². The number of aliphatic hydroxyl groups excluding tert-OH is 1. The summed E-state index contributed by atoms with van der Waals surface area (Å²) < 4.78 is 10.4. The fourth-order valence-corrected chi connectivity index (χ4v) is 1.48. The molecule has 1 heterocycles. The maximum Gasteiger partial charge on any atom is 0.175 e. The molecule has 2 aliphatic rings. The van der Waals surface area contributed by atoms with Crippen molar-refractivity contribution >= 4 is 6.29 Å². The van der Waals surface area contributed by atoms with Crippen LogP contribution in [0.15, 0.2) is 47.8 Å². The zero-order valence-corrected chi connectivity index (χ0v) is 8.63. The maximum absolute atomic E-state index is 10.4. The van der Waals surface area contributed by atoms with Crippen molar-refractivity contribution in [1.29, 1.82) is 0 Å². The van der Waals surface area contributed by atoms with E-state index in [1.807, 2.05) is 12.2 Å². The minimum Gasteiger partial charge on any atom is -0.465 e. The molecule has 1 unspecified atom stereocenters. The molecule has 4 heteroatoms. The third-order valence-electron chi connectivity index (χ3n) is 2.34. The summed E-state index contributed by atoms with van der Waals surface area (Å²) in [6, 6.07) is 0. The molecule has 4 nitrogen and oxygen atoms in total. The predicted octanol–water partition coefficient (Wildman–Crippen LogP) is 1.55. The van der Waals surface area contributed by atoms with E-state index < -0.39 is 6.10 Å². The lowest BCUT2D eigenvalue weighted by atomic mass is 10.0. The molecule has 0 bridgehead atoms. The van der Waals surface area contributed by atoms with Crippen LogP contribution in [0.4, 0.5) is 0 Å². The summed E-state index contributed by atoms with van der Waals surface area (Å²) in [5.74, 6) is 0.658. The lowest BCUT2D eigenvalue weighted by Gasteiger charge is -2.20. The van der Waals surface area contributed by atoms with Gasteiger partial charge in [-0.2, -0.15) is 0 Å². The molecule has 0 fully saturated rings. The first-order valence-corrected chi connectivity index (χ1v) is 5.04. The van der Waals surface area contributed by atoms with Crippen molar-refractivity contribution in [3.05, 3.63) is 47.8 Å². The number of carbonyl (C=O) groups is 1. The highest BCUT2D eigenvalue weighted by atomic mass is 16.6. The molecule has 84 valence electrons. The molecular weight excluding hydrogens is 208 g/mol. The molecule has 0 aromatic heterocycles. The second kappa shape index (κ2) is 4.81. The van der Waals surface area contributed by atoms with Gasteiger partial charge in [-0.25, -0.2) is 0 Å². The van der Waals surface area contributed by atoms with Crippen LogP contribution in [0.1, 0.15) is 12.8 Å². The lowest BCUT2D eigenvalue weighted by molar-refractivity contribution is -0.114. The smallest absolute Gasteiger partial charge is 0.175 e. The van der Waals surface area contributed by atoms with Crippen LogP contribution < -0.4 is 0 Å². The van der Waals surface area contributed by atoms with E-state index in [4.69, 9.17) is 9.47 Å². The number of hydrogen-bond acceptors (Lipinski definition) is 4. The quantitative estimate of drug-likeness (QED) is 0.733. The van der Waals surface area contributed by atoms with E-state index in [9.17, 15) is 9.90 Å². The van der Waals surface area contributed by atoms with E-state index in [1.54, 1.807) is 0 Å². The third kappa shape index (κ3) is 2.23. The third-order valence-corrected chi connectivity index (χ3v) is 2.34. The minimum atomic E-state index is -1.27. The van der Waals surface area contributed by atoms with Gasteiger partial charge in [-0.1, -0.05) is 18.2 Å². The summed E-state index contributed by atoms with van der Waals surface area (Å²) in [7, 11) is 0. The molecular formula is C12H12O4. The highest BCUT2D eigenvalue weighted by Gasteiger charge is 2.19. The number of carbonyl (C=O) groups excluding carboxylic acids is 1. The van der Waals surface area contributed by atoms with E-state index in [2.05, 4.69) is 6.08 Å². The van der Waals surface area contributed by atoms with Crippen LogP contribution in [-0.2, 0) is 14.3 Å². The Hall–Kier alpha value is -1.81. The SMILES string of the molecule is O=CC(O)C1=COC=C(C2=CC=CCC2)O1. The average molecular weight is 220 g/mol. The molecule has 1 aliphatic heterocycles. The normalized spacial score (nSPS) is 20.9. The van der Waals surface area contributed by atoms with Crippen molar-refractivity contribution in [2.45, 2.75) is 18.9 Å². The van der Waals surface area contributed by atoms with E-state index in [-0.39, 0.29) is 5.76 Å². The van der Waals surface area contributed by atoms with Crippen molar-refractivity contribution in [3.8, 4) is 0 Å². The van der Waals surface area contributed by atoms with Crippen molar-refractivity contribution < 1.29 is 19.4 Å². The second-order valence-electron chi connectivity index (χ2n) is 3.48. The number of ether oxygens (including phenoxy) is 2. The number of rotatable bonds is 3. The number of aldehydes is 1. The van der Waals surface area contributed by atoms with Gasteiger partial charge in [-0.15, -0.1) is 0 Å². The molecule has 2 rings (SSSR count). The van der Waals surface area contributed by atoms with Gasteiger partial charge in [0.2, 0.25) is 0 Å². The van der Waals surface area contributed by atoms with Crippen molar-refractivity contribution in [3.63, 3.8) is 0 Å². The zero-order valence-electron chi connectivity index (χ0n) is 8.63. The first kappa shape index (κ1) is 10.7. The molecule has 0 spiro atoms. The summed E-state index contributed by atoms with van der Waals surface area (Å²) in [6.45, 7) is 0. The van der Waals surface area contributed by atoms with Crippen molar-refractivity contribution in [2.24, 2.45) is 0 Å². The van der Waals surface area contributed by atoms with Crippen LogP contribution >= 0.6 is 0 Å². The van der Waals surface area contributed by atoms with Gasteiger partial charge in [0.1, 0.15) is 12.5 Å². The van der Waals surface area contributed by atoms with Gasteiger partial charge in [0.25, 0.3) is 0 Å². The minimum absolute atomic E-state index is 0.114. The standard InChI is InChI=1S/C12H12O4/c13-6-10(14)12-8-15-7-11(16-12)9-4-2-1-3-5-9/h1-2,4,6-8,10,14H,3,5H2. The Morgan fingerprint density at radius 3 is 3.00 bits per heavy atom. The van der Waals surface area contributed by atoms with Gasteiger partial charge in [-0.05, 0) is 18.4 Å². The van der Waals surface area contributed by atoms with E-state index in [1.165, 1.54) is 12.5 Å². The van der Waals surface area contributed by atoms with Gasteiger partial charge in [0, 0.05) is 0 Å². The van der Waals surface area contributed by atoms with Crippen LogP contribution in [0, 0.1) is 0 Å². The predicted molar refractivity (Wildman–Crippen MR) is 56.9 cm³/mol. The van der Waals surface area contributed by atoms with Gasteiger partial charge >= 0.3 is 0 Å². The monoisotopic (exact) mass is 220 g/mol. The summed E-state index contributed by atoms with van der Waals surface area (Å²) >= 11 is 0. The highest BCUT2D eigenvalue weighted by molar-refractivity contribution is 5.60. The van der Waals surface area contributed by atoms with Crippen molar-refractivity contribution in [1.82, 2.24) is 0 Å². The molecule has 1 aliphatic carbocycles. The summed E-state index contributed by atoms with van der Waals surface area (Å²) in [5, 5.41) is 9.30. The number of hydrogen-bond donors (Lipinski definition) is 1. The molecule has 0 saturated carbocycles. The maximum atomic E-state index is 10.4. The molecule has 0 saturated heterocycles. The molecule has 1 N–H and O–H groups in total. The molecule has 16 heavy (non-hydrogen) atoms. The molecule has 0 aromatic rings. The fraction of sp³-hybridized carbons (Fsp3) is 0.250. The van der Waals surface area contributed by atoms with Crippen LogP contribution in [0.3, 0.4) is 0 Å². The van der Waals surface area contributed by atoms with Crippen LogP contribution in [-0.4, -0.2) is 17.5 Å². The first-order valence-electron chi connectivity index (χ1n) is 5.04. The van der Waals surface area contributed by atoms with E-state index in [0.717, 1.165) is 18.4 Å². The summed E-state index contributed by atoms with van der Waals surface area (Å²) in [5.41, 5.74) is 0.992. The Bertz CT molecular complexity index is 401. The van der Waals surface area contributed by atoms with Gasteiger partial charge < -0.3 is 14.6 Å². The molecule has 1 atom stereocenters. The Kier molecular flexibility index (Phi) is 3.22. The second-order valence-corrected chi connectivity index (χ2v) is 3.48. The highest BCUT2D eigenvalue weighted by Crippen LogP contribution is 2.26. The fourth-order valence-electron chi connectivity index (χ4n) is 1.48. The Morgan fingerprint density at radius 2 is 2.31 bits per heavy atom. The number of allylic oxidation sites excluding steroid dienone is 4. The van der Waals surface area contributed by atoms with Gasteiger partial charge in [0.15, 0.2) is 23.9 Å². The zero-order chi connectivity index (χ0) is 11.4. The van der Waals surface area contributed by atoms with Gasteiger partial charge in [-0.3, -0.25) is 4.79 Å². The summed E-state index contributed by atoms with van der Waals surface area (Å²) in [4.78, 5) is 10.4. The van der Waals surface area contributed by atoms with Crippen LogP contribution in [0.5, 0.6) is 0 Å². The average Bonchev–Trinajstić information content (AvgIpc) is 2.39. The van der Waals surface area contributed by atoms with E-state index in [0.29, 0.717) is 12.0 Å². The topological polar surface area (TPSA) is 55.8 Å². The van der Waals surface area contributed by atoms with E-state index >= 15 is 0 Å². The van der Waals surface area contributed by atoms with Crippen LogP contribution in [0.2, 0.25) is 0 Å². The van der Waals surface area contributed by atoms with Gasteiger partial charge in [0.05, 0.1) is 0 Å². The molecule has 0 radical (unpaired) electrons. The molecule has 0 amide bonds. The largest absolute Gasteiger partial charge is 0.465 e. The van der Waals surface area contributed by atoms with Crippen molar-refractivity contribution in [2.75, 3.05) is 0 Å². The number of aliphatic hydroxyl groups is 1. The lowest BCUT2D eigenvalue weighted by Crippen LogP contribution is -2.17. The Balaban J connectivity index is 2.09. The first-order chi connectivity index (χ1) is 7.81. The Morgan fingerprint density at radius 1 is 1.44 bits per heavy atom. The summed E-state index contributed by atoms with van der Waals surface area (Å²) in [6.07, 6.45) is 9.54.